The van der Waals surface area contributed by atoms with Crippen LogP contribution in [-0.4, -0.2) is 49.5 Å². The number of esters is 1. The van der Waals surface area contributed by atoms with Crippen molar-refractivity contribution in [2.24, 2.45) is 0 Å². The van der Waals surface area contributed by atoms with Crippen LogP contribution in [0.4, 0.5) is 0 Å². The van der Waals surface area contributed by atoms with Gasteiger partial charge in [-0.05, 0) is 55.0 Å². The molecule has 0 saturated heterocycles. The summed E-state index contributed by atoms with van der Waals surface area (Å²) < 4.78 is 30.5. The minimum atomic E-state index is -3.35. The summed E-state index contributed by atoms with van der Waals surface area (Å²) >= 11 is 7.88. The molecule has 0 fully saturated rings. The van der Waals surface area contributed by atoms with E-state index < -0.39 is 21.7 Å². The summed E-state index contributed by atoms with van der Waals surface area (Å²) in [6.07, 6.45) is 1.23. The van der Waals surface area contributed by atoms with Gasteiger partial charge in [-0.25, -0.2) is 13.1 Å². The summed E-state index contributed by atoms with van der Waals surface area (Å²) in [5.41, 5.74) is 2.16. The molecule has 2 heterocycles. The van der Waals surface area contributed by atoms with E-state index in [1.807, 2.05) is 24.3 Å². The number of hydrogen-bond acceptors (Lipinski definition) is 7. The number of halogens is 1. The van der Waals surface area contributed by atoms with E-state index in [2.05, 4.69) is 10.4 Å². The summed E-state index contributed by atoms with van der Waals surface area (Å²) in [6.45, 7) is 2.11. The van der Waals surface area contributed by atoms with Crippen molar-refractivity contribution in [2.45, 2.75) is 18.2 Å². The standard InChI is InChI=1S/C26H24ClN3O5S2/c1-3-35-25(31)13-14-28-26(32)20-16-22(30(29-20)21-10-5-4-9-19(21)27)24-12-11-23(36-24)17-7-6-8-18(15-17)37(2,33)34/h4-12,15-16H,3,13-14H2,1-2H3,(H,28,32). The Balaban J connectivity index is 1.69. The third kappa shape index (κ3) is 6.27. The molecule has 192 valence electrons. The third-order valence-corrected chi connectivity index (χ3v) is 7.93. The number of carbonyl (C=O) groups is 2. The maximum Gasteiger partial charge on any atom is 0.307 e. The van der Waals surface area contributed by atoms with E-state index in [1.54, 1.807) is 54.1 Å². The Morgan fingerprint density at radius 3 is 2.54 bits per heavy atom. The summed E-state index contributed by atoms with van der Waals surface area (Å²) in [5.74, 6) is -0.829. The molecule has 0 spiro atoms. The Kier molecular flexibility index (Phi) is 8.11. The predicted octanol–water partition coefficient (Wildman–Crippen LogP) is 5.01. The molecule has 0 unspecified atom stereocenters. The lowest BCUT2D eigenvalue weighted by Gasteiger charge is -2.08. The first-order valence-electron chi connectivity index (χ1n) is 11.4. The number of ether oxygens (including phenoxy) is 1. The minimum absolute atomic E-state index is 0.0541. The number of thiophene rings is 1. The Bertz CT molecular complexity index is 1560. The third-order valence-electron chi connectivity index (χ3n) is 5.35. The van der Waals surface area contributed by atoms with Crippen LogP contribution >= 0.6 is 22.9 Å². The highest BCUT2D eigenvalue weighted by Gasteiger charge is 2.20. The lowest BCUT2D eigenvalue weighted by molar-refractivity contribution is -0.142. The molecule has 11 heteroatoms. The average molecular weight is 558 g/mol. The number of aromatic nitrogens is 2. The largest absolute Gasteiger partial charge is 0.466 e. The van der Waals surface area contributed by atoms with E-state index in [9.17, 15) is 18.0 Å². The topological polar surface area (TPSA) is 107 Å². The number of carbonyl (C=O) groups excluding carboxylic acids is 2. The summed E-state index contributed by atoms with van der Waals surface area (Å²) in [6, 6.07) is 19.3. The van der Waals surface area contributed by atoms with Crippen LogP contribution in [0.1, 0.15) is 23.8 Å². The van der Waals surface area contributed by atoms with Crippen LogP contribution < -0.4 is 5.32 Å². The first-order valence-corrected chi connectivity index (χ1v) is 14.5. The van der Waals surface area contributed by atoms with E-state index >= 15 is 0 Å². The van der Waals surface area contributed by atoms with E-state index in [0.717, 1.165) is 15.3 Å². The number of nitrogens with zero attached hydrogens (tertiary/aromatic N) is 2. The van der Waals surface area contributed by atoms with Crippen LogP contribution in [0.25, 0.3) is 26.7 Å². The fraction of sp³-hybridized carbons (Fsp3) is 0.192. The van der Waals surface area contributed by atoms with Crippen LogP contribution in [0.3, 0.4) is 0 Å². The van der Waals surface area contributed by atoms with Crippen LogP contribution in [0.2, 0.25) is 5.02 Å². The van der Waals surface area contributed by atoms with Gasteiger partial charge in [-0.1, -0.05) is 35.9 Å². The highest BCUT2D eigenvalue weighted by atomic mass is 35.5. The maximum absolute atomic E-state index is 12.8. The molecule has 37 heavy (non-hydrogen) atoms. The molecule has 4 rings (SSSR count). The van der Waals surface area contributed by atoms with Crippen molar-refractivity contribution in [2.75, 3.05) is 19.4 Å². The van der Waals surface area contributed by atoms with Gasteiger partial charge in [0.2, 0.25) is 0 Å². The highest BCUT2D eigenvalue weighted by molar-refractivity contribution is 7.90. The summed E-state index contributed by atoms with van der Waals surface area (Å²) in [4.78, 5) is 26.3. The molecule has 4 aromatic rings. The second-order valence-corrected chi connectivity index (χ2v) is 11.6. The van der Waals surface area contributed by atoms with E-state index in [1.165, 1.54) is 17.6 Å². The Labute approximate surface area is 223 Å². The molecule has 0 aliphatic heterocycles. The molecule has 0 radical (unpaired) electrons. The molecule has 2 aromatic carbocycles. The molecule has 0 aliphatic carbocycles. The number of amides is 1. The lowest BCUT2D eigenvalue weighted by Crippen LogP contribution is -2.27. The Morgan fingerprint density at radius 2 is 1.81 bits per heavy atom. The van der Waals surface area contributed by atoms with Crippen molar-refractivity contribution in [3.05, 3.63) is 77.4 Å². The highest BCUT2D eigenvalue weighted by Crippen LogP contribution is 2.37. The number of sulfone groups is 1. The van der Waals surface area contributed by atoms with Crippen molar-refractivity contribution >= 4 is 44.7 Å². The van der Waals surface area contributed by atoms with Crippen LogP contribution in [-0.2, 0) is 19.4 Å². The molecule has 0 bridgehead atoms. The molecule has 0 aliphatic rings. The number of hydrogen-bond donors (Lipinski definition) is 1. The molecular formula is C26H24ClN3O5S2. The van der Waals surface area contributed by atoms with Crippen molar-refractivity contribution < 1.29 is 22.7 Å². The second-order valence-electron chi connectivity index (χ2n) is 8.05. The fourth-order valence-electron chi connectivity index (χ4n) is 3.59. The van der Waals surface area contributed by atoms with Gasteiger partial charge in [-0.15, -0.1) is 11.3 Å². The predicted molar refractivity (Wildman–Crippen MR) is 144 cm³/mol. The van der Waals surface area contributed by atoms with Crippen LogP contribution in [0.5, 0.6) is 0 Å². The van der Waals surface area contributed by atoms with Gasteiger partial charge in [0.05, 0.1) is 39.2 Å². The van der Waals surface area contributed by atoms with Crippen LogP contribution in [0.15, 0.2) is 71.6 Å². The quantitative estimate of drug-likeness (QED) is 0.290. The van der Waals surface area contributed by atoms with Crippen molar-refractivity contribution in [3.63, 3.8) is 0 Å². The van der Waals surface area contributed by atoms with Gasteiger partial charge in [0.15, 0.2) is 15.5 Å². The zero-order valence-corrected chi connectivity index (χ0v) is 22.5. The molecule has 0 atom stereocenters. The van der Waals surface area contributed by atoms with Gasteiger partial charge in [0.1, 0.15) is 0 Å². The molecule has 0 saturated carbocycles. The monoisotopic (exact) mass is 557 g/mol. The molecule has 2 aromatic heterocycles. The zero-order valence-electron chi connectivity index (χ0n) is 20.1. The van der Waals surface area contributed by atoms with Gasteiger partial charge >= 0.3 is 5.97 Å². The first-order chi connectivity index (χ1) is 17.7. The van der Waals surface area contributed by atoms with Crippen molar-refractivity contribution in [3.8, 4) is 26.7 Å². The van der Waals surface area contributed by atoms with E-state index in [0.29, 0.717) is 16.4 Å². The van der Waals surface area contributed by atoms with Crippen molar-refractivity contribution in [1.82, 2.24) is 15.1 Å². The van der Waals surface area contributed by atoms with Gasteiger partial charge < -0.3 is 10.1 Å². The molecule has 8 nitrogen and oxygen atoms in total. The number of rotatable bonds is 9. The summed E-state index contributed by atoms with van der Waals surface area (Å²) in [5, 5.41) is 7.66. The van der Waals surface area contributed by atoms with Gasteiger partial charge in [-0.2, -0.15) is 5.10 Å². The molecule has 1 N–H and O–H groups in total. The van der Waals surface area contributed by atoms with Gasteiger partial charge in [0.25, 0.3) is 5.91 Å². The number of para-hydroxylation sites is 1. The fourth-order valence-corrected chi connectivity index (χ4v) is 5.47. The zero-order chi connectivity index (χ0) is 26.6. The Morgan fingerprint density at radius 1 is 1.05 bits per heavy atom. The van der Waals surface area contributed by atoms with E-state index in [4.69, 9.17) is 16.3 Å². The second kappa shape index (κ2) is 11.3. The minimum Gasteiger partial charge on any atom is -0.466 e. The van der Waals surface area contributed by atoms with Gasteiger partial charge in [-0.3, -0.25) is 9.59 Å². The molecular weight excluding hydrogens is 534 g/mol. The normalized spacial score (nSPS) is 11.3. The first kappa shape index (κ1) is 26.6. The molecule has 1 amide bonds. The smallest absolute Gasteiger partial charge is 0.307 e. The SMILES string of the molecule is CCOC(=O)CCNC(=O)c1cc(-c2ccc(-c3cccc(S(C)(=O)=O)c3)s2)n(-c2ccccc2Cl)n1. The van der Waals surface area contributed by atoms with Crippen molar-refractivity contribution in [1.29, 1.82) is 0 Å². The van der Waals surface area contributed by atoms with E-state index in [-0.39, 0.29) is 30.2 Å². The Hall–Kier alpha value is -3.47. The summed E-state index contributed by atoms with van der Waals surface area (Å²) in [7, 11) is -3.35. The average Bonchev–Trinajstić information content (AvgIpc) is 3.52. The van der Waals surface area contributed by atoms with Crippen LogP contribution in [0, 0.1) is 0 Å². The van der Waals surface area contributed by atoms with Gasteiger partial charge in [0, 0.05) is 17.7 Å². The number of nitrogens with one attached hydrogen (secondary N) is 1. The number of benzene rings is 2. The maximum atomic E-state index is 12.8. The lowest BCUT2D eigenvalue weighted by atomic mass is 10.2.